The summed E-state index contributed by atoms with van der Waals surface area (Å²) in [6.07, 6.45) is 0.458. The largest absolute Gasteiger partial charge is 0.366 e. The van der Waals surface area contributed by atoms with E-state index in [1.807, 2.05) is 0 Å². The van der Waals surface area contributed by atoms with E-state index in [0.29, 0.717) is 12.8 Å². The number of ether oxygens (including phenoxy) is 1. The molecule has 1 rings (SSSR count). The fourth-order valence-electron chi connectivity index (χ4n) is 1.79. The molecule has 0 aromatic rings. The Morgan fingerprint density at radius 1 is 1.09 bits per heavy atom. The molecule has 0 radical (unpaired) electrons. The fraction of sp³-hybridized carbons (Fsp3) is 1.00. The molecule has 0 aromatic carbocycles. The first-order valence-electron chi connectivity index (χ1n) is 7.48. The summed E-state index contributed by atoms with van der Waals surface area (Å²) in [7, 11) is -6.91. The van der Waals surface area contributed by atoms with Crippen molar-refractivity contribution in [1.29, 1.82) is 0 Å². The monoisotopic (exact) mass is 358 g/mol. The molecule has 22 heavy (non-hydrogen) atoms. The average molecular weight is 358 g/mol. The van der Waals surface area contributed by atoms with Crippen molar-refractivity contribution in [3.05, 3.63) is 0 Å². The molecular weight excluding hydrogens is 331 g/mol. The first-order chi connectivity index (χ1) is 10.0. The SMILES string of the molecule is CCS(=O)(=O)OC1(COCP(=O)(OC(C)C)OC(C)C)CC1. The first-order valence-corrected chi connectivity index (χ1v) is 10.8. The molecule has 0 spiro atoms. The van der Waals surface area contributed by atoms with Crippen LogP contribution in [-0.4, -0.2) is 44.9 Å². The van der Waals surface area contributed by atoms with Gasteiger partial charge in [-0.25, -0.2) is 0 Å². The minimum absolute atomic E-state index is 0.0547. The van der Waals surface area contributed by atoms with Gasteiger partial charge >= 0.3 is 7.60 Å². The molecule has 0 unspecified atom stereocenters. The van der Waals surface area contributed by atoms with Gasteiger partial charge in [-0.2, -0.15) is 8.42 Å². The molecule has 1 aliphatic carbocycles. The van der Waals surface area contributed by atoms with Gasteiger partial charge in [0.2, 0.25) is 0 Å². The Labute approximate surface area is 133 Å². The van der Waals surface area contributed by atoms with Gasteiger partial charge in [0.15, 0.2) is 0 Å². The van der Waals surface area contributed by atoms with Gasteiger partial charge in [-0.15, -0.1) is 0 Å². The maximum atomic E-state index is 12.6. The first kappa shape index (κ1) is 20.1. The molecule has 0 aromatic heterocycles. The second-order valence-electron chi connectivity index (χ2n) is 6.01. The number of hydrogen-bond acceptors (Lipinski definition) is 7. The van der Waals surface area contributed by atoms with E-state index in [-0.39, 0.29) is 30.9 Å². The predicted molar refractivity (Wildman–Crippen MR) is 83.4 cm³/mol. The quantitative estimate of drug-likeness (QED) is 0.414. The van der Waals surface area contributed by atoms with E-state index in [2.05, 4.69) is 0 Å². The predicted octanol–water partition coefficient (Wildman–Crippen LogP) is 2.90. The highest BCUT2D eigenvalue weighted by molar-refractivity contribution is 7.86. The molecule has 0 bridgehead atoms. The van der Waals surface area contributed by atoms with E-state index >= 15 is 0 Å². The van der Waals surface area contributed by atoms with Gasteiger partial charge < -0.3 is 13.8 Å². The van der Waals surface area contributed by atoms with Crippen molar-refractivity contribution in [3.63, 3.8) is 0 Å². The summed E-state index contributed by atoms with van der Waals surface area (Å²) >= 11 is 0. The van der Waals surface area contributed by atoms with E-state index in [0.717, 1.165) is 0 Å². The van der Waals surface area contributed by atoms with Crippen LogP contribution in [0.4, 0.5) is 0 Å². The third-order valence-electron chi connectivity index (χ3n) is 2.82. The van der Waals surface area contributed by atoms with Gasteiger partial charge in [-0.3, -0.25) is 8.75 Å². The summed E-state index contributed by atoms with van der Waals surface area (Å²) in [5, 5.41) is 0. The van der Waals surface area contributed by atoms with Gasteiger partial charge in [-0.05, 0) is 47.5 Å². The van der Waals surface area contributed by atoms with Crippen LogP contribution in [0.3, 0.4) is 0 Å². The second kappa shape index (κ2) is 7.73. The number of rotatable bonds is 11. The molecule has 1 saturated carbocycles. The van der Waals surface area contributed by atoms with Crippen molar-refractivity contribution in [3.8, 4) is 0 Å². The maximum absolute atomic E-state index is 12.6. The highest BCUT2D eigenvalue weighted by Gasteiger charge is 2.48. The van der Waals surface area contributed by atoms with Crippen LogP contribution < -0.4 is 0 Å². The molecule has 0 atom stereocenters. The molecule has 0 amide bonds. The van der Waals surface area contributed by atoms with Crippen LogP contribution in [0.25, 0.3) is 0 Å². The smallest absolute Gasteiger partial charge is 0.356 e. The van der Waals surface area contributed by atoms with Crippen LogP contribution in [0.2, 0.25) is 0 Å². The highest BCUT2D eigenvalue weighted by atomic mass is 32.2. The lowest BCUT2D eigenvalue weighted by Gasteiger charge is -2.23. The molecule has 1 aliphatic rings. The van der Waals surface area contributed by atoms with Crippen LogP contribution in [0.15, 0.2) is 0 Å². The van der Waals surface area contributed by atoms with Crippen LogP contribution in [0.1, 0.15) is 47.5 Å². The minimum Gasteiger partial charge on any atom is -0.366 e. The van der Waals surface area contributed by atoms with E-state index in [1.54, 1.807) is 27.7 Å². The molecule has 0 saturated heterocycles. The highest BCUT2D eigenvalue weighted by Crippen LogP contribution is 2.51. The van der Waals surface area contributed by atoms with Crippen molar-refractivity contribution < 1.29 is 31.0 Å². The molecule has 132 valence electrons. The average Bonchev–Trinajstić information content (AvgIpc) is 3.05. The third kappa shape index (κ3) is 7.06. The lowest BCUT2D eigenvalue weighted by molar-refractivity contribution is 0.0423. The Balaban J connectivity index is 2.54. The zero-order valence-electron chi connectivity index (χ0n) is 13.9. The normalized spacial score (nSPS) is 18.1. The maximum Gasteiger partial charge on any atom is 0.356 e. The van der Waals surface area contributed by atoms with Gasteiger partial charge in [0.05, 0.1) is 24.6 Å². The Morgan fingerprint density at radius 2 is 1.59 bits per heavy atom. The van der Waals surface area contributed by atoms with Crippen molar-refractivity contribution >= 4 is 17.7 Å². The standard InChI is InChI=1S/C13H27O7PS/c1-6-22(15,16)20-13(7-8-13)9-17-10-21(14,18-11(2)3)19-12(4)5/h11-12H,6-10H2,1-5H3. The zero-order valence-corrected chi connectivity index (χ0v) is 15.6. The second-order valence-corrected chi connectivity index (χ2v) is 9.77. The third-order valence-corrected chi connectivity index (χ3v) is 6.12. The summed E-state index contributed by atoms with van der Waals surface area (Å²) in [6.45, 7) is 8.61. The zero-order chi connectivity index (χ0) is 17.0. The molecule has 0 heterocycles. The number of hydrogen-bond donors (Lipinski definition) is 0. The molecule has 0 N–H and O–H groups in total. The molecule has 7 nitrogen and oxygen atoms in total. The van der Waals surface area contributed by atoms with E-state index in [9.17, 15) is 13.0 Å². The lowest BCUT2D eigenvalue weighted by atomic mass is 10.4. The van der Waals surface area contributed by atoms with Gasteiger partial charge in [-0.1, -0.05) is 0 Å². The van der Waals surface area contributed by atoms with Crippen molar-refractivity contribution in [2.24, 2.45) is 0 Å². The minimum atomic E-state index is -3.53. The van der Waals surface area contributed by atoms with Gasteiger partial charge in [0.25, 0.3) is 10.1 Å². The van der Waals surface area contributed by atoms with Gasteiger partial charge in [0.1, 0.15) is 11.9 Å². The van der Waals surface area contributed by atoms with E-state index in [4.69, 9.17) is 18.0 Å². The Hall–Kier alpha value is 0.0200. The summed E-state index contributed by atoms with van der Waals surface area (Å²) in [5.41, 5.74) is -0.810. The molecule has 0 aliphatic heterocycles. The Kier molecular flexibility index (Phi) is 7.05. The summed E-state index contributed by atoms with van der Waals surface area (Å²) in [6, 6.07) is 0. The summed E-state index contributed by atoms with van der Waals surface area (Å²) < 4.78 is 56.9. The van der Waals surface area contributed by atoms with Crippen molar-refractivity contribution in [1.82, 2.24) is 0 Å². The fourth-order valence-corrected chi connectivity index (χ4v) is 4.43. The molecular formula is C13H27O7PS. The topological polar surface area (TPSA) is 88.1 Å². The summed E-state index contributed by atoms with van der Waals surface area (Å²) in [4.78, 5) is 0. The van der Waals surface area contributed by atoms with E-state index in [1.165, 1.54) is 6.92 Å². The van der Waals surface area contributed by atoms with Gasteiger partial charge in [0, 0.05) is 0 Å². The Morgan fingerprint density at radius 3 is 1.95 bits per heavy atom. The lowest BCUT2D eigenvalue weighted by Crippen LogP contribution is -2.27. The van der Waals surface area contributed by atoms with Crippen LogP contribution in [0.5, 0.6) is 0 Å². The van der Waals surface area contributed by atoms with Crippen LogP contribution in [-0.2, 0) is 32.7 Å². The van der Waals surface area contributed by atoms with E-state index < -0.39 is 23.3 Å². The molecule has 1 fully saturated rings. The van der Waals surface area contributed by atoms with Crippen LogP contribution >= 0.6 is 7.60 Å². The molecule has 9 heteroatoms. The van der Waals surface area contributed by atoms with Crippen molar-refractivity contribution in [2.75, 3.05) is 18.7 Å². The van der Waals surface area contributed by atoms with Crippen molar-refractivity contribution in [2.45, 2.75) is 65.3 Å². The summed E-state index contributed by atoms with van der Waals surface area (Å²) in [5.74, 6) is -0.0832. The van der Waals surface area contributed by atoms with Crippen LogP contribution in [0, 0.1) is 0 Å². The Bertz CT molecular complexity index is 483.